The number of hydrogen-bond donors (Lipinski definition) is 0. The molecule has 0 aromatic carbocycles. The van der Waals surface area contributed by atoms with Crippen LogP contribution in [0.3, 0.4) is 0 Å². The Labute approximate surface area is 76.3 Å². The Morgan fingerprint density at radius 1 is 1.14 bits per heavy atom. The predicted octanol–water partition coefficient (Wildman–Crippen LogP) is 3.42. The molecule has 0 saturated carbocycles. The molecule has 7 heteroatoms. The van der Waals surface area contributed by atoms with Gasteiger partial charge in [-0.3, -0.25) is 0 Å². The Balaban J connectivity index is 4.65. The van der Waals surface area contributed by atoms with Crippen molar-refractivity contribution >= 4 is 0 Å². The van der Waals surface area contributed by atoms with Crippen molar-refractivity contribution in [1.29, 1.82) is 0 Å². The molecule has 0 atom stereocenters. The summed E-state index contributed by atoms with van der Waals surface area (Å²) >= 11 is 0. The van der Waals surface area contributed by atoms with Gasteiger partial charge in [-0.05, 0) is 6.42 Å². The lowest BCUT2D eigenvalue weighted by Gasteiger charge is -2.13. The van der Waals surface area contributed by atoms with E-state index in [9.17, 15) is 26.3 Å². The number of alkyl halides is 6. The van der Waals surface area contributed by atoms with Gasteiger partial charge in [0, 0.05) is 0 Å². The molecule has 1 nitrogen and oxygen atoms in total. The Morgan fingerprint density at radius 3 is 1.93 bits per heavy atom. The summed E-state index contributed by atoms with van der Waals surface area (Å²) in [6.45, 7) is 1.09. The monoisotopic (exact) mass is 222 g/mol. The van der Waals surface area contributed by atoms with Crippen LogP contribution in [0.2, 0.25) is 0 Å². The molecule has 0 heterocycles. The molecule has 0 aliphatic carbocycles. The van der Waals surface area contributed by atoms with Gasteiger partial charge in [-0.2, -0.15) is 26.3 Å². The third-order valence-corrected chi connectivity index (χ3v) is 1.04. The molecule has 0 unspecified atom stereocenters. The number of rotatable bonds is 3. The molecule has 0 N–H and O–H groups in total. The van der Waals surface area contributed by atoms with Gasteiger partial charge in [0.05, 0.1) is 12.7 Å². The molecule has 0 aromatic heterocycles. The topological polar surface area (TPSA) is 9.23 Å². The minimum absolute atomic E-state index is 0.200. The minimum atomic E-state index is -5.11. The Kier molecular flexibility index (Phi) is 4.28. The van der Waals surface area contributed by atoms with Crippen molar-refractivity contribution in [1.82, 2.24) is 0 Å². The van der Waals surface area contributed by atoms with Gasteiger partial charge in [0.1, 0.15) is 0 Å². The quantitative estimate of drug-likeness (QED) is 0.525. The Morgan fingerprint density at radius 2 is 1.64 bits per heavy atom. The van der Waals surface area contributed by atoms with E-state index in [0.717, 1.165) is 0 Å². The first-order valence-corrected chi connectivity index (χ1v) is 3.66. The zero-order chi connectivity index (χ0) is 11.4. The molecular formula is C7H8F6O. The lowest BCUT2D eigenvalue weighted by molar-refractivity contribution is -0.141. The summed E-state index contributed by atoms with van der Waals surface area (Å²) in [5.41, 5.74) is 0. The highest BCUT2D eigenvalue weighted by Gasteiger charge is 2.40. The number of allylic oxidation sites excluding steroid dienone is 2. The van der Waals surface area contributed by atoms with Crippen LogP contribution in [0.15, 0.2) is 11.8 Å². The maximum absolute atomic E-state index is 11.9. The van der Waals surface area contributed by atoms with Crippen molar-refractivity contribution in [2.75, 3.05) is 6.61 Å². The van der Waals surface area contributed by atoms with E-state index >= 15 is 0 Å². The van der Waals surface area contributed by atoms with Gasteiger partial charge in [-0.25, -0.2) is 0 Å². The first kappa shape index (κ1) is 13.1. The highest BCUT2D eigenvalue weighted by Crippen LogP contribution is 2.30. The first-order chi connectivity index (χ1) is 6.17. The van der Waals surface area contributed by atoms with Crippen molar-refractivity contribution in [2.45, 2.75) is 25.7 Å². The molecule has 0 aliphatic rings. The average Bonchev–Trinajstić information content (AvgIpc) is 1.93. The zero-order valence-electron chi connectivity index (χ0n) is 7.17. The summed E-state index contributed by atoms with van der Waals surface area (Å²) in [4.78, 5) is 0. The second-order valence-corrected chi connectivity index (χ2v) is 2.40. The van der Waals surface area contributed by atoms with Gasteiger partial charge in [-0.1, -0.05) is 6.92 Å². The van der Waals surface area contributed by atoms with Crippen LogP contribution < -0.4 is 0 Å². The number of ether oxygens (including phenoxy) is 1. The molecule has 0 amide bonds. The van der Waals surface area contributed by atoms with Crippen molar-refractivity contribution < 1.29 is 31.1 Å². The van der Waals surface area contributed by atoms with E-state index in [-0.39, 0.29) is 6.42 Å². The van der Waals surface area contributed by atoms with E-state index in [2.05, 4.69) is 4.74 Å². The van der Waals surface area contributed by atoms with Gasteiger partial charge < -0.3 is 4.74 Å². The fraction of sp³-hybridized carbons (Fsp3) is 0.714. The number of halogens is 6. The third-order valence-electron chi connectivity index (χ3n) is 1.04. The Hall–Kier alpha value is -0.880. The normalized spacial score (nSPS) is 14.4. The highest BCUT2D eigenvalue weighted by atomic mass is 19.4. The molecule has 0 spiro atoms. The van der Waals surface area contributed by atoms with E-state index in [1.807, 2.05) is 0 Å². The largest absolute Gasteiger partial charge is 0.489 e. The van der Waals surface area contributed by atoms with Gasteiger partial charge in [0.15, 0.2) is 0 Å². The van der Waals surface area contributed by atoms with E-state index in [1.165, 1.54) is 6.92 Å². The second kappa shape index (κ2) is 4.56. The molecule has 0 aliphatic heterocycles. The van der Waals surface area contributed by atoms with E-state index < -0.39 is 30.8 Å². The van der Waals surface area contributed by atoms with Crippen LogP contribution >= 0.6 is 0 Å². The summed E-state index contributed by atoms with van der Waals surface area (Å²) in [5, 5.41) is 0. The predicted molar refractivity (Wildman–Crippen MR) is 36.4 cm³/mol. The lowest BCUT2D eigenvalue weighted by Crippen LogP contribution is -2.19. The van der Waals surface area contributed by atoms with Crippen molar-refractivity contribution in [3.05, 3.63) is 11.8 Å². The van der Waals surface area contributed by atoms with Crippen LogP contribution in [0.1, 0.15) is 13.3 Å². The van der Waals surface area contributed by atoms with Gasteiger partial charge in [0.2, 0.25) is 5.76 Å². The van der Waals surface area contributed by atoms with Crippen LogP contribution in [0.25, 0.3) is 0 Å². The summed E-state index contributed by atoms with van der Waals surface area (Å²) in [6, 6.07) is 0. The molecule has 0 radical (unpaired) electrons. The molecule has 0 saturated heterocycles. The van der Waals surface area contributed by atoms with E-state index in [1.54, 1.807) is 0 Å². The maximum Gasteiger partial charge on any atom is 0.448 e. The van der Waals surface area contributed by atoms with Crippen molar-refractivity contribution in [2.24, 2.45) is 0 Å². The zero-order valence-corrected chi connectivity index (χ0v) is 7.17. The molecule has 0 aromatic rings. The summed E-state index contributed by atoms with van der Waals surface area (Å²) < 4.78 is 74.4. The van der Waals surface area contributed by atoms with Crippen LogP contribution in [-0.4, -0.2) is 19.0 Å². The molecule has 0 bridgehead atoms. The van der Waals surface area contributed by atoms with Gasteiger partial charge in [-0.15, -0.1) is 0 Å². The molecular weight excluding hydrogens is 214 g/mol. The highest BCUT2D eigenvalue weighted by molar-refractivity contribution is 5.04. The first-order valence-electron chi connectivity index (χ1n) is 3.66. The maximum atomic E-state index is 11.9. The van der Waals surface area contributed by atoms with Crippen molar-refractivity contribution in [3.8, 4) is 0 Å². The summed E-state index contributed by atoms with van der Waals surface area (Å²) in [6.07, 6.45) is -10.8. The Bertz CT molecular complexity index is 201. The van der Waals surface area contributed by atoms with Crippen LogP contribution in [-0.2, 0) is 4.74 Å². The number of hydrogen-bond acceptors (Lipinski definition) is 1. The fourth-order valence-electron chi connectivity index (χ4n) is 0.566. The van der Waals surface area contributed by atoms with Crippen LogP contribution in [0.5, 0.6) is 0 Å². The SMILES string of the molecule is CCCO/C(=C/C(F)(F)F)C(F)(F)F. The van der Waals surface area contributed by atoms with E-state index in [0.29, 0.717) is 0 Å². The van der Waals surface area contributed by atoms with Crippen LogP contribution in [0, 0.1) is 0 Å². The average molecular weight is 222 g/mol. The summed E-state index contributed by atoms with van der Waals surface area (Å²) in [5.74, 6) is -2.01. The van der Waals surface area contributed by atoms with Gasteiger partial charge >= 0.3 is 12.4 Å². The molecule has 84 valence electrons. The standard InChI is InChI=1S/C7H8F6O/c1-2-3-14-5(7(11,12)13)4-6(8,9)10/h4H,2-3H2,1H3/b5-4+. The third kappa shape index (κ3) is 5.71. The van der Waals surface area contributed by atoms with Gasteiger partial charge in [0.25, 0.3) is 0 Å². The fourth-order valence-corrected chi connectivity index (χ4v) is 0.566. The van der Waals surface area contributed by atoms with Crippen LogP contribution in [0.4, 0.5) is 26.3 Å². The summed E-state index contributed by atoms with van der Waals surface area (Å²) in [7, 11) is 0. The minimum Gasteiger partial charge on any atom is -0.489 e. The van der Waals surface area contributed by atoms with Crippen molar-refractivity contribution in [3.63, 3.8) is 0 Å². The second-order valence-electron chi connectivity index (χ2n) is 2.40. The molecule has 14 heavy (non-hydrogen) atoms. The molecule has 0 rings (SSSR count). The smallest absolute Gasteiger partial charge is 0.448 e. The lowest BCUT2D eigenvalue weighted by atomic mass is 10.4. The van der Waals surface area contributed by atoms with E-state index in [4.69, 9.17) is 0 Å². The molecule has 0 fully saturated rings.